The molecule has 2 rings (SSSR count). The lowest BCUT2D eigenvalue weighted by molar-refractivity contribution is -0.115. The highest BCUT2D eigenvalue weighted by Gasteiger charge is 2.14. The summed E-state index contributed by atoms with van der Waals surface area (Å²) in [5, 5.41) is 7.08. The summed E-state index contributed by atoms with van der Waals surface area (Å²) < 4.78 is 15.3. The fraction of sp³-hybridized carbons (Fsp3) is 0.286. The molecule has 0 saturated carbocycles. The molecule has 0 unspecified atom stereocenters. The highest BCUT2D eigenvalue weighted by molar-refractivity contribution is 6.30. The highest BCUT2D eigenvalue weighted by Crippen LogP contribution is 2.20. The van der Waals surface area contributed by atoms with Gasteiger partial charge < -0.3 is 5.32 Å². The van der Waals surface area contributed by atoms with Gasteiger partial charge in [-0.2, -0.15) is 5.10 Å². The Morgan fingerprint density at radius 1 is 1.45 bits per heavy atom. The van der Waals surface area contributed by atoms with Crippen molar-refractivity contribution < 1.29 is 9.18 Å². The van der Waals surface area contributed by atoms with Crippen LogP contribution >= 0.6 is 11.6 Å². The zero-order valence-electron chi connectivity index (χ0n) is 11.5. The molecule has 1 amide bonds. The molecule has 1 heterocycles. The third-order valence-corrected chi connectivity index (χ3v) is 3.44. The van der Waals surface area contributed by atoms with Crippen LogP contribution in [-0.2, 0) is 18.3 Å². The van der Waals surface area contributed by atoms with Gasteiger partial charge in [0.25, 0.3) is 0 Å². The van der Waals surface area contributed by atoms with Gasteiger partial charge in [-0.25, -0.2) is 4.39 Å². The maximum Gasteiger partial charge on any atom is 0.229 e. The Kier molecular flexibility index (Phi) is 4.09. The molecule has 0 atom stereocenters. The van der Waals surface area contributed by atoms with Gasteiger partial charge in [0.2, 0.25) is 5.91 Å². The number of aryl methyl sites for hydroxylation is 2. The van der Waals surface area contributed by atoms with Crippen LogP contribution in [0.5, 0.6) is 0 Å². The number of nitrogens with one attached hydrogen (secondary N) is 1. The number of hydrogen-bond acceptors (Lipinski definition) is 2. The second-order valence-electron chi connectivity index (χ2n) is 4.62. The van der Waals surface area contributed by atoms with Crippen molar-refractivity contribution in [2.45, 2.75) is 20.3 Å². The van der Waals surface area contributed by atoms with Gasteiger partial charge in [-0.05, 0) is 32.0 Å². The summed E-state index contributed by atoms with van der Waals surface area (Å²) in [6.07, 6.45) is 0.160. The van der Waals surface area contributed by atoms with Gasteiger partial charge in [-0.1, -0.05) is 11.6 Å². The summed E-state index contributed by atoms with van der Waals surface area (Å²) in [7, 11) is 1.82. The Labute approximate surface area is 121 Å². The van der Waals surface area contributed by atoms with Crippen LogP contribution in [0.15, 0.2) is 18.2 Å². The van der Waals surface area contributed by atoms with Crippen LogP contribution in [0.3, 0.4) is 0 Å². The van der Waals surface area contributed by atoms with Gasteiger partial charge >= 0.3 is 0 Å². The summed E-state index contributed by atoms with van der Waals surface area (Å²) in [6, 6.07) is 4.14. The molecule has 20 heavy (non-hydrogen) atoms. The van der Waals surface area contributed by atoms with Gasteiger partial charge in [0.15, 0.2) is 0 Å². The summed E-state index contributed by atoms with van der Waals surface area (Å²) in [5.41, 5.74) is 2.71. The number of anilines is 1. The van der Waals surface area contributed by atoms with Crippen molar-refractivity contribution >= 4 is 23.2 Å². The summed E-state index contributed by atoms with van der Waals surface area (Å²) in [5.74, 6) is -0.837. The zero-order valence-corrected chi connectivity index (χ0v) is 12.3. The maximum atomic E-state index is 13.6. The third kappa shape index (κ3) is 2.99. The number of halogens is 2. The molecule has 1 aromatic carbocycles. The van der Waals surface area contributed by atoms with E-state index < -0.39 is 5.82 Å². The largest absolute Gasteiger partial charge is 0.323 e. The predicted molar refractivity (Wildman–Crippen MR) is 76.4 cm³/mol. The molecule has 0 saturated heterocycles. The SMILES string of the molecule is Cc1nn(C)c(C)c1CC(=O)Nc1ccc(Cl)cc1F. The van der Waals surface area contributed by atoms with E-state index in [0.29, 0.717) is 5.02 Å². The number of rotatable bonds is 3. The lowest BCUT2D eigenvalue weighted by Gasteiger charge is -2.07. The minimum absolute atomic E-state index is 0.124. The average molecular weight is 296 g/mol. The van der Waals surface area contributed by atoms with Crippen molar-refractivity contribution in [2.75, 3.05) is 5.32 Å². The molecule has 106 valence electrons. The van der Waals surface area contributed by atoms with E-state index >= 15 is 0 Å². The molecule has 1 aromatic heterocycles. The number of benzene rings is 1. The summed E-state index contributed by atoms with van der Waals surface area (Å²) in [4.78, 5) is 12.0. The quantitative estimate of drug-likeness (QED) is 0.946. The van der Waals surface area contributed by atoms with Crippen molar-refractivity contribution in [3.8, 4) is 0 Å². The smallest absolute Gasteiger partial charge is 0.229 e. The second kappa shape index (κ2) is 5.63. The first-order chi connectivity index (χ1) is 9.38. The van der Waals surface area contributed by atoms with Gasteiger partial charge in [0.1, 0.15) is 5.82 Å². The zero-order chi connectivity index (χ0) is 14.9. The Balaban J connectivity index is 2.13. The molecule has 0 aliphatic heterocycles. The second-order valence-corrected chi connectivity index (χ2v) is 5.06. The van der Waals surface area contributed by atoms with Crippen molar-refractivity contribution in [3.63, 3.8) is 0 Å². The molecule has 4 nitrogen and oxygen atoms in total. The first-order valence-electron chi connectivity index (χ1n) is 6.12. The molecular weight excluding hydrogens is 281 g/mol. The predicted octanol–water partition coefficient (Wildman–Crippen LogP) is 3.01. The molecule has 0 aliphatic carbocycles. The standard InChI is InChI=1S/C14H15ClFN3O/c1-8-11(9(2)19(3)18-8)7-14(20)17-13-5-4-10(15)6-12(13)16/h4-6H,7H2,1-3H3,(H,17,20). The van der Waals surface area contributed by atoms with E-state index in [9.17, 15) is 9.18 Å². The van der Waals surface area contributed by atoms with Crippen LogP contribution in [0.1, 0.15) is 17.0 Å². The first-order valence-corrected chi connectivity index (χ1v) is 6.50. The van der Waals surface area contributed by atoms with Crippen molar-refractivity contribution in [2.24, 2.45) is 7.05 Å². The molecule has 0 bridgehead atoms. The van der Waals surface area contributed by atoms with Gasteiger partial charge in [-0.15, -0.1) is 0 Å². The van der Waals surface area contributed by atoms with Gasteiger partial charge in [-0.3, -0.25) is 9.48 Å². The van der Waals surface area contributed by atoms with Crippen molar-refractivity contribution in [1.82, 2.24) is 9.78 Å². The van der Waals surface area contributed by atoms with E-state index in [1.54, 1.807) is 4.68 Å². The first kappa shape index (κ1) is 14.5. The van der Waals surface area contributed by atoms with Crippen LogP contribution in [0.25, 0.3) is 0 Å². The Hall–Kier alpha value is -1.88. The van der Waals surface area contributed by atoms with Gasteiger partial charge in [0.05, 0.1) is 17.8 Å². The van der Waals surface area contributed by atoms with Gasteiger partial charge in [0, 0.05) is 23.3 Å². The Morgan fingerprint density at radius 2 is 2.15 bits per heavy atom. The van der Waals surface area contributed by atoms with Crippen molar-refractivity contribution in [1.29, 1.82) is 0 Å². The topological polar surface area (TPSA) is 46.9 Å². The minimum Gasteiger partial charge on any atom is -0.323 e. The van der Waals surface area contributed by atoms with Crippen LogP contribution < -0.4 is 5.32 Å². The van der Waals surface area contributed by atoms with E-state index in [0.717, 1.165) is 23.0 Å². The number of carbonyl (C=O) groups is 1. The Bertz CT molecular complexity index is 667. The number of aromatic nitrogens is 2. The van der Waals surface area contributed by atoms with E-state index in [4.69, 9.17) is 11.6 Å². The average Bonchev–Trinajstić information content (AvgIpc) is 2.60. The number of amides is 1. The van der Waals surface area contributed by atoms with E-state index in [1.807, 2.05) is 20.9 Å². The molecule has 0 spiro atoms. The highest BCUT2D eigenvalue weighted by atomic mass is 35.5. The molecule has 0 aliphatic rings. The van der Waals surface area contributed by atoms with E-state index in [2.05, 4.69) is 10.4 Å². The molecule has 0 radical (unpaired) electrons. The third-order valence-electron chi connectivity index (χ3n) is 3.20. The maximum absolute atomic E-state index is 13.6. The fourth-order valence-corrected chi connectivity index (χ4v) is 2.18. The lowest BCUT2D eigenvalue weighted by atomic mass is 10.1. The number of nitrogens with zero attached hydrogens (tertiary/aromatic N) is 2. The van der Waals surface area contributed by atoms with Crippen LogP contribution in [0, 0.1) is 19.7 Å². The lowest BCUT2D eigenvalue weighted by Crippen LogP contribution is -2.16. The molecule has 2 aromatic rings. The number of carbonyl (C=O) groups excluding carboxylic acids is 1. The van der Waals surface area contributed by atoms with E-state index in [-0.39, 0.29) is 18.0 Å². The molecular formula is C14H15ClFN3O. The van der Waals surface area contributed by atoms with Crippen molar-refractivity contribution in [3.05, 3.63) is 46.0 Å². The molecule has 0 fully saturated rings. The number of hydrogen-bond donors (Lipinski definition) is 1. The minimum atomic E-state index is -0.550. The normalized spacial score (nSPS) is 10.7. The molecule has 6 heteroatoms. The van der Waals surface area contributed by atoms with Crippen LogP contribution in [0.2, 0.25) is 5.02 Å². The summed E-state index contributed by atoms with van der Waals surface area (Å²) in [6.45, 7) is 3.74. The van der Waals surface area contributed by atoms with E-state index in [1.165, 1.54) is 12.1 Å². The van der Waals surface area contributed by atoms with Crippen LogP contribution in [0.4, 0.5) is 10.1 Å². The summed E-state index contributed by atoms with van der Waals surface area (Å²) >= 11 is 5.66. The van der Waals surface area contributed by atoms with Crippen LogP contribution in [-0.4, -0.2) is 15.7 Å². The molecule has 1 N–H and O–H groups in total. The monoisotopic (exact) mass is 295 g/mol. The fourth-order valence-electron chi connectivity index (χ4n) is 2.02. The Morgan fingerprint density at radius 3 is 2.70 bits per heavy atom.